The predicted octanol–water partition coefficient (Wildman–Crippen LogP) is 3.75. The number of carbonyl (C=O) groups is 2. The van der Waals surface area contributed by atoms with E-state index in [0.29, 0.717) is 52.9 Å². The summed E-state index contributed by atoms with van der Waals surface area (Å²) >= 11 is 1.36. The van der Waals surface area contributed by atoms with E-state index in [2.05, 4.69) is 25.1 Å². The molecule has 0 bridgehead atoms. The summed E-state index contributed by atoms with van der Waals surface area (Å²) in [6, 6.07) is 11.5. The van der Waals surface area contributed by atoms with Crippen LogP contribution in [0.3, 0.4) is 0 Å². The SMILES string of the molecule is CC(C)(C)OC(=O)N1CC(=O)C2=C(C1)N(CC(O)CN1CCOCC1)c1[nH]ncc1C2c1ccc(Sc2nc3ccccc3[nH]2)o1. The fourth-order valence-corrected chi connectivity index (χ4v) is 7.00. The van der Waals surface area contributed by atoms with E-state index in [0.717, 1.165) is 29.7 Å². The number of furan rings is 1. The van der Waals surface area contributed by atoms with E-state index < -0.39 is 23.7 Å². The van der Waals surface area contributed by atoms with Crippen molar-refractivity contribution in [3.05, 3.63) is 65.2 Å². The normalized spacial score (nSPS) is 19.8. The zero-order valence-corrected chi connectivity index (χ0v) is 26.8. The number of imidazole rings is 1. The molecule has 2 atom stereocenters. The van der Waals surface area contributed by atoms with Gasteiger partial charge < -0.3 is 28.9 Å². The van der Waals surface area contributed by atoms with Gasteiger partial charge in [-0.3, -0.25) is 19.7 Å². The summed E-state index contributed by atoms with van der Waals surface area (Å²) in [6.07, 6.45) is 0.380. The number of para-hydroxylation sites is 2. The van der Waals surface area contributed by atoms with Gasteiger partial charge >= 0.3 is 6.09 Å². The number of aliphatic hydroxyl groups excluding tert-OH is 1. The van der Waals surface area contributed by atoms with Gasteiger partial charge in [0, 0.05) is 36.5 Å². The van der Waals surface area contributed by atoms with Crippen LogP contribution >= 0.6 is 11.8 Å². The third-order valence-corrected chi connectivity index (χ3v) is 9.01. The molecule has 0 radical (unpaired) electrons. The lowest BCUT2D eigenvalue weighted by Gasteiger charge is -2.42. The standard InChI is InChI=1S/C32H37N7O6S/c1-32(2,3)45-31(42)38-17-23-28(24(41)18-38)27(25-8-9-26(44-25)46-30-34-21-6-4-5-7-22(21)35-30)20-14-33-36-29(20)39(23)16-19(40)15-37-10-12-43-13-11-37/h4-9,14,19,27,40H,10-13,15-18H2,1-3H3,(H,33,36)(H,34,35). The maximum absolute atomic E-state index is 14.1. The van der Waals surface area contributed by atoms with E-state index in [1.54, 1.807) is 27.0 Å². The number of hydrogen-bond acceptors (Lipinski definition) is 11. The van der Waals surface area contributed by atoms with Crippen molar-refractivity contribution in [3.63, 3.8) is 0 Å². The lowest BCUT2D eigenvalue weighted by atomic mass is 9.81. The molecule has 4 aromatic rings. The van der Waals surface area contributed by atoms with Crippen molar-refractivity contribution >= 4 is 40.5 Å². The molecule has 2 unspecified atom stereocenters. The summed E-state index contributed by atoms with van der Waals surface area (Å²) in [5.41, 5.74) is 2.94. The number of ketones is 1. The Hall–Kier alpha value is -4.11. The molecule has 13 nitrogen and oxygen atoms in total. The first-order valence-electron chi connectivity index (χ1n) is 15.4. The molecule has 0 spiro atoms. The Balaban J connectivity index is 1.22. The number of morpholine rings is 1. The molecule has 1 saturated heterocycles. The van der Waals surface area contributed by atoms with Gasteiger partial charge in [0.1, 0.15) is 17.2 Å². The van der Waals surface area contributed by atoms with E-state index in [1.807, 2.05) is 41.3 Å². The van der Waals surface area contributed by atoms with Crippen molar-refractivity contribution < 1.29 is 28.6 Å². The fourth-order valence-electron chi connectivity index (χ4n) is 6.23. The lowest BCUT2D eigenvalue weighted by molar-refractivity contribution is -0.117. The summed E-state index contributed by atoms with van der Waals surface area (Å²) < 4.78 is 17.5. The van der Waals surface area contributed by atoms with E-state index in [-0.39, 0.29) is 25.4 Å². The summed E-state index contributed by atoms with van der Waals surface area (Å²) in [4.78, 5) is 40.7. The first-order valence-corrected chi connectivity index (χ1v) is 16.2. The molecular weight excluding hydrogens is 610 g/mol. The molecule has 3 aliphatic rings. The monoisotopic (exact) mass is 647 g/mol. The minimum absolute atomic E-state index is 0.122. The Morgan fingerprint density at radius 3 is 2.74 bits per heavy atom. The second-order valence-electron chi connectivity index (χ2n) is 12.7. The highest BCUT2D eigenvalue weighted by Gasteiger charge is 2.45. The number of H-pyrrole nitrogens is 2. The number of carbonyl (C=O) groups excluding carboxylic acids is 2. The number of amides is 1. The van der Waals surface area contributed by atoms with Crippen molar-refractivity contribution in [2.24, 2.45) is 0 Å². The molecule has 1 amide bonds. The molecule has 0 aliphatic carbocycles. The molecule has 46 heavy (non-hydrogen) atoms. The predicted molar refractivity (Wildman–Crippen MR) is 170 cm³/mol. The Bertz CT molecular complexity index is 1750. The van der Waals surface area contributed by atoms with Crippen LogP contribution < -0.4 is 4.90 Å². The number of anilines is 1. The minimum atomic E-state index is -0.748. The van der Waals surface area contributed by atoms with Crippen LogP contribution in [0.25, 0.3) is 11.0 Å². The topological polar surface area (TPSA) is 153 Å². The van der Waals surface area contributed by atoms with Crippen molar-refractivity contribution in [2.75, 3.05) is 57.4 Å². The molecule has 14 heteroatoms. The molecule has 3 N–H and O–H groups in total. The molecule has 3 aromatic heterocycles. The molecular formula is C32H37N7O6S. The summed E-state index contributed by atoms with van der Waals surface area (Å²) in [5, 5.41) is 20.0. The molecule has 1 aromatic carbocycles. The highest BCUT2D eigenvalue weighted by atomic mass is 32.2. The molecule has 1 fully saturated rings. The maximum Gasteiger partial charge on any atom is 0.411 e. The Kier molecular flexibility index (Phi) is 8.13. The van der Waals surface area contributed by atoms with Crippen LogP contribution in [0.4, 0.5) is 10.6 Å². The van der Waals surface area contributed by atoms with Crippen LogP contribution in [0.1, 0.15) is 38.0 Å². The van der Waals surface area contributed by atoms with Gasteiger partial charge in [-0.25, -0.2) is 9.78 Å². The number of ether oxygens (including phenoxy) is 2. The van der Waals surface area contributed by atoms with Crippen LogP contribution in [0, 0.1) is 0 Å². The van der Waals surface area contributed by atoms with Gasteiger partial charge in [-0.2, -0.15) is 5.10 Å². The second-order valence-corrected chi connectivity index (χ2v) is 13.7. The van der Waals surface area contributed by atoms with Crippen molar-refractivity contribution in [3.8, 4) is 0 Å². The van der Waals surface area contributed by atoms with E-state index >= 15 is 0 Å². The Labute approximate surface area is 269 Å². The highest BCUT2D eigenvalue weighted by molar-refractivity contribution is 7.99. The van der Waals surface area contributed by atoms with Crippen LogP contribution in [0.15, 0.2) is 68.5 Å². The maximum atomic E-state index is 14.1. The molecule has 3 aliphatic heterocycles. The largest absolute Gasteiger partial charge is 0.453 e. The second kappa shape index (κ2) is 12.2. The number of fused-ring (bicyclic) bond motifs is 2. The molecule has 7 rings (SSSR count). The van der Waals surface area contributed by atoms with Gasteiger partial charge in [0.2, 0.25) is 0 Å². The number of aromatic amines is 2. The van der Waals surface area contributed by atoms with Crippen molar-refractivity contribution in [1.82, 2.24) is 30.0 Å². The molecule has 6 heterocycles. The van der Waals surface area contributed by atoms with Gasteiger partial charge in [-0.05, 0) is 56.8 Å². The number of nitrogens with one attached hydrogen (secondary N) is 2. The highest BCUT2D eigenvalue weighted by Crippen LogP contribution is 2.47. The van der Waals surface area contributed by atoms with Gasteiger partial charge in [0.15, 0.2) is 16.0 Å². The number of Topliss-reactive ketones (excluding diaryl/α,β-unsaturated/α-hetero) is 1. The Morgan fingerprint density at radius 2 is 1.96 bits per heavy atom. The fraction of sp³-hybridized carbons (Fsp3) is 0.438. The molecule has 0 saturated carbocycles. The average Bonchev–Trinajstić information content (AvgIpc) is 3.77. The van der Waals surface area contributed by atoms with Crippen LogP contribution in [0.2, 0.25) is 0 Å². The lowest BCUT2D eigenvalue weighted by Crippen LogP contribution is -2.51. The number of β-amino-alcohol motifs (C(OH)–C–C–N with tert-alkyl or cyclic N) is 1. The first kappa shape index (κ1) is 30.5. The van der Waals surface area contributed by atoms with Crippen LogP contribution in [-0.4, -0.2) is 111 Å². The quantitative estimate of drug-likeness (QED) is 0.269. The van der Waals surface area contributed by atoms with Crippen molar-refractivity contribution in [2.45, 2.75) is 48.6 Å². The number of benzene rings is 1. The summed E-state index contributed by atoms with van der Waals surface area (Å²) in [6.45, 7) is 8.72. The van der Waals surface area contributed by atoms with Gasteiger partial charge in [-0.1, -0.05) is 12.1 Å². The van der Waals surface area contributed by atoms with Gasteiger partial charge in [0.05, 0.1) is 62.1 Å². The van der Waals surface area contributed by atoms with Crippen LogP contribution in [0.5, 0.6) is 0 Å². The number of aromatic nitrogens is 4. The average molecular weight is 648 g/mol. The number of nitrogens with zero attached hydrogens (tertiary/aromatic N) is 5. The van der Waals surface area contributed by atoms with E-state index in [4.69, 9.17) is 13.9 Å². The number of rotatable bonds is 7. The molecule has 242 valence electrons. The third-order valence-electron chi connectivity index (χ3n) is 8.20. The zero-order valence-electron chi connectivity index (χ0n) is 26.0. The third kappa shape index (κ3) is 6.17. The number of hydrogen-bond donors (Lipinski definition) is 3. The zero-order chi connectivity index (χ0) is 32.0. The van der Waals surface area contributed by atoms with Crippen molar-refractivity contribution in [1.29, 1.82) is 0 Å². The first-order chi connectivity index (χ1) is 22.1. The van der Waals surface area contributed by atoms with Crippen LogP contribution in [-0.2, 0) is 14.3 Å². The summed E-state index contributed by atoms with van der Waals surface area (Å²) in [7, 11) is 0. The summed E-state index contributed by atoms with van der Waals surface area (Å²) in [5.74, 6) is 0.432. The Morgan fingerprint density at radius 1 is 1.15 bits per heavy atom. The smallest absolute Gasteiger partial charge is 0.411 e. The number of aliphatic hydroxyl groups is 1. The van der Waals surface area contributed by atoms with Gasteiger partial charge in [-0.15, -0.1) is 0 Å². The van der Waals surface area contributed by atoms with E-state index in [1.165, 1.54) is 16.7 Å². The van der Waals surface area contributed by atoms with Gasteiger partial charge in [0.25, 0.3) is 0 Å². The minimum Gasteiger partial charge on any atom is -0.453 e. The van der Waals surface area contributed by atoms with E-state index in [9.17, 15) is 14.7 Å².